The van der Waals surface area contributed by atoms with E-state index in [9.17, 15) is 14.4 Å². The summed E-state index contributed by atoms with van der Waals surface area (Å²) in [5.74, 6) is -1.56. The molecule has 1 aromatic heterocycles. The molecule has 3 rings (SSSR count). The Balaban J connectivity index is 1.63. The summed E-state index contributed by atoms with van der Waals surface area (Å²) in [7, 11) is 0. The second-order valence-electron chi connectivity index (χ2n) is 6.37. The average Bonchev–Trinajstić information content (AvgIpc) is 3.09. The Hall–Kier alpha value is -3.13. The number of nitrogens with one attached hydrogen (secondary N) is 1. The van der Waals surface area contributed by atoms with Crippen molar-refractivity contribution < 1.29 is 28.3 Å². The van der Waals surface area contributed by atoms with E-state index in [1.807, 2.05) is 30.3 Å². The fourth-order valence-electron chi connectivity index (χ4n) is 2.84. The minimum Gasteiger partial charge on any atom is -0.460 e. The minimum absolute atomic E-state index is 0.00846. The van der Waals surface area contributed by atoms with Gasteiger partial charge in [-0.1, -0.05) is 46.3 Å². The highest BCUT2D eigenvalue weighted by Crippen LogP contribution is 2.30. The SMILES string of the molecule is CCOC(=O)c1oc2ccc(Br)cc2c1COC(=O)CNC(=O)Cc1ccccc1. The molecule has 1 amide bonds. The number of carbonyl (C=O) groups excluding carboxylic acids is 3. The number of halogens is 1. The molecule has 3 aromatic rings. The lowest BCUT2D eigenvalue weighted by molar-refractivity contribution is -0.145. The number of rotatable bonds is 8. The molecular weight excluding hydrogens is 454 g/mol. The number of benzene rings is 2. The van der Waals surface area contributed by atoms with E-state index >= 15 is 0 Å². The third kappa shape index (κ3) is 5.48. The van der Waals surface area contributed by atoms with Gasteiger partial charge in [0.1, 0.15) is 18.7 Å². The fraction of sp³-hybridized carbons (Fsp3) is 0.227. The Kier molecular flexibility index (Phi) is 7.24. The number of fused-ring (bicyclic) bond motifs is 1. The molecule has 0 aliphatic heterocycles. The predicted octanol–water partition coefficient (Wildman–Crippen LogP) is 3.77. The summed E-state index contributed by atoms with van der Waals surface area (Å²) in [6, 6.07) is 14.5. The van der Waals surface area contributed by atoms with Gasteiger partial charge in [-0.15, -0.1) is 0 Å². The van der Waals surface area contributed by atoms with Crippen LogP contribution >= 0.6 is 15.9 Å². The Bertz CT molecular complexity index is 1060. The summed E-state index contributed by atoms with van der Waals surface area (Å²) < 4.78 is 16.7. The third-order valence-corrected chi connectivity index (χ3v) is 4.72. The maximum Gasteiger partial charge on any atom is 0.374 e. The monoisotopic (exact) mass is 473 g/mol. The van der Waals surface area contributed by atoms with Crippen molar-refractivity contribution in [3.63, 3.8) is 0 Å². The van der Waals surface area contributed by atoms with E-state index in [1.165, 1.54) is 0 Å². The van der Waals surface area contributed by atoms with Gasteiger partial charge in [-0.25, -0.2) is 4.79 Å². The van der Waals surface area contributed by atoms with Crippen LogP contribution in [0.1, 0.15) is 28.6 Å². The average molecular weight is 474 g/mol. The van der Waals surface area contributed by atoms with Crippen molar-refractivity contribution in [1.29, 1.82) is 0 Å². The molecule has 2 aromatic carbocycles. The molecule has 0 radical (unpaired) electrons. The van der Waals surface area contributed by atoms with Crippen LogP contribution in [0.15, 0.2) is 57.4 Å². The zero-order valence-electron chi connectivity index (χ0n) is 16.3. The molecule has 0 bridgehead atoms. The zero-order valence-corrected chi connectivity index (χ0v) is 17.9. The van der Waals surface area contributed by atoms with Crippen LogP contribution in [0.3, 0.4) is 0 Å². The summed E-state index contributed by atoms with van der Waals surface area (Å²) in [5, 5.41) is 3.16. The molecule has 8 heteroatoms. The summed E-state index contributed by atoms with van der Waals surface area (Å²) in [6.45, 7) is 1.41. The fourth-order valence-corrected chi connectivity index (χ4v) is 3.21. The first kappa shape index (κ1) is 21.6. The van der Waals surface area contributed by atoms with E-state index in [4.69, 9.17) is 13.9 Å². The number of esters is 2. The van der Waals surface area contributed by atoms with Crippen molar-refractivity contribution in [1.82, 2.24) is 5.32 Å². The van der Waals surface area contributed by atoms with Gasteiger partial charge in [-0.2, -0.15) is 0 Å². The number of ether oxygens (including phenoxy) is 2. The largest absolute Gasteiger partial charge is 0.460 e. The van der Waals surface area contributed by atoms with Gasteiger partial charge >= 0.3 is 11.9 Å². The molecule has 0 aliphatic rings. The number of carbonyl (C=O) groups is 3. The first-order chi connectivity index (χ1) is 14.5. The van der Waals surface area contributed by atoms with Crippen molar-refractivity contribution >= 4 is 44.7 Å². The zero-order chi connectivity index (χ0) is 21.5. The Morgan fingerprint density at radius 3 is 2.57 bits per heavy atom. The van der Waals surface area contributed by atoms with Gasteiger partial charge < -0.3 is 19.2 Å². The molecule has 0 aliphatic carbocycles. The molecule has 30 heavy (non-hydrogen) atoms. The van der Waals surface area contributed by atoms with Crippen molar-refractivity contribution in [2.45, 2.75) is 20.0 Å². The van der Waals surface area contributed by atoms with Gasteiger partial charge in [0, 0.05) is 9.86 Å². The van der Waals surface area contributed by atoms with Gasteiger partial charge in [0.25, 0.3) is 0 Å². The lowest BCUT2D eigenvalue weighted by Gasteiger charge is -2.07. The number of hydrogen-bond donors (Lipinski definition) is 1. The van der Waals surface area contributed by atoms with E-state index in [1.54, 1.807) is 25.1 Å². The molecule has 0 saturated heterocycles. The van der Waals surface area contributed by atoms with E-state index in [2.05, 4.69) is 21.2 Å². The lowest BCUT2D eigenvalue weighted by Crippen LogP contribution is -2.31. The van der Waals surface area contributed by atoms with Gasteiger partial charge in [0.15, 0.2) is 0 Å². The van der Waals surface area contributed by atoms with Crippen LogP contribution in [-0.2, 0) is 32.1 Å². The van der Waals surface area contributed by atoms with Gasteiger partial charge in [-0.05, 0) is 30.7 Å². The Morgan fingerprint density at radius 1 is 1.07 bits per heavy atom. The van der Waals surface area contributed by atoms with Gasteiger partial charge in [0.2, 0.25) is 11.7 Å². The molecule has 0 unspecified atom stereocenters. The smallest absolute Gasteiger partial charge is 0.374 e. The van der Waals surface area contributed by atoms with Gasteiger partial charge in [-0.3, -0.25) is 9.59 Å². The summed E-state index contributed by atoms with van der Waals surface area (Å²) in [4.78, 5) is 36.3. The van der Waals surface area contributed by atoms with Crippen LogP contribution in [-0.4, -0.2) is 31.0 Å². The van der Waals surface area contributed by atoms with Crippen LogP contribution in [0.4, 0.5) is 0 Å². The standard InChI is InChI=1S/C22H20BrNO6/c1-2-28-22(27)21-17(16-11-15(23)8-9-18(16)30-21)13-29-20(26)12-24-19(25)10-14-6-4-3-5-7-14/h3-9,11H,2,10,12-13H2,1H3,(H,24,25). The Labute approximate surface area is 181 Å². The maximum atomic E-state index is 12.2. The summed E-state index contributed by atoms with van der Waals surface area (Å²) >= 11 is 3.38. The van der Waals surface area contributed by atoms with E-state index in [-0.39, 0.29) is 37.8 Å². The highest BCUT2D eigenvalue weighted by atomic mass is 79.9. The predicted molar refractivity (Wildman–Crippen MR) is 113 cm³/mol. The molecule has 0 spiro atoms. The molecule has 156 valence electrons. The Morgan fingerprint density at radius 2 is 1.83 bits per heavy atom. The molecule has 1 heterocycles. The quantitative estimate of drug-likeness (QED) is 0.500. The van der Waals surface area contributed by atoms with Crippen molar-refractivity contribution in [3.05, 3.63) is 69.9 Å². The molecule has 1 N–H and O–H groups in total. The van der Waals surface area contributed by atoms with Crippen molar-refractivity contribution in [2.24, 2.45) is 0 Å². The van der Waals surface area contributed by atoms with E-state index < -0.39 is 11.9 Å². The van der Waals surface area contributed by atoms with Crippen molar-refractivity contribution in [3.8, 4) is 0 Å². The number of hydrogen-bond acceptors (Lipinski definition) is 6. The van der Waals surface area contributed by atoms with Crippen LogP contribution in [0.25, 0.3) is 11.0 Å². The summed E-state index contributed by atoms with van der Waals surface area (Å²) in [5.41, 5.74) is 1.73. The number of furan rings is 1. The normalized spacial score (nSPS) is 10.6. The first-order valence-electron chi connectivity index (χ1n) is 9.32. The highest BCUT2D eigenvalue weighted by Gasteiger charge is 2.23. The van der Waals surface area contributed by atoms with Gasteiger partial charge in [0.05, 0.1) is 18.6 Å². The molecule has 0 atom stereocenters. The van der Waals surface area contributed by atoms with Crippen LogP contribution in [0.2, 0.25) is 0 Å². The maximum absolute atomic E-state index is 12.2. The third-order valence-electron chi connectivity index (χ3n) is 4.23. The van der Waals surface area contributed by atoms with Crippen molar-refractivity contribution in [2.75, 3.05) is 13.2 Å². The molecule has 0 saturated carbocycles. The highest BCUT2D eigenvalue weighted by molar-refractivity contribution is 9.10. The van der Waals surface area contributed by atoms with E-state index in [0.29, 0.717) is 16.5 Å². The van der Waals surface area contributed by atoms with Crippen LogP contribution in [0.5, 0.6) is 0 Å². The van der Waals surface area contributed by atoms with Crippen LogP contribution < -0.4 is 5.32 Å². The van der Waals surface area contributed by atoms with Crippen LogP contribution in [0, 0.1) is 0 Å². The number of amides is 1. The minimum atomic E-state index is -0.632. The lowest BCUT2D eigenvalue weighted by atomic mass is 10.1. The topological polar surface area (TPSA) is 94.8 Å². The summed E-state index contributed by atoms with van der Waals surface area (Å²) in [6.07, 6.45) is 0.168. The second-order valence-corrected chi connectivity index (χ2v) is 7.29. The molecular formula is C22H20BrNO6. The second kappa shape index (κ2) is 10.1. The molecule has 0 fully saturated rings. The first-order valence-corrected chi connectivity index (χ1v) is 10.1. The molecule has 7 nitrogen and oxygen atoms in total. The van der Waals surface area contributed by atoms with E-state index in [0.717, 1.165) is 10.0 Å².